The van der Waals surface area contributed by atoms with Gasteiger partial charge < -0.3 is 19.5 Å². The van der Waals surface area contributed by atoms with Crippen LogP contribution in [0.3, 0.4) is 0 Å². The predicted molar refractivity (Wildman–Crippen MR) is 80.2 cm³/mol. The Morgan fingerprint density at radius 2 is 2.14 bits per heavy atom. The number of hydrogen-bond donors (Lipinski definition) is 3. The van der Waals surface area contributed by atoms with E-state index in [4.69, 9.17) is 26.4 Å². The topological polar surface area (TPSA) is 80.9 Å². The van der Waals surface area contributed by atoms with Crippen LogP contribution in [0.2, 0.25) is 0 Å². The second kappa shape index (κ2) is 6.98. The molecule has 0 aliphatic carbocycles. The number of fused-ring (bicyclic) bond motifs is 1. The Balaban J connectivity index is 1.84. The third-order valence-corrected chi connectivity index (χ3v) is 2.91. The van der Waals surface area contributed by atoms with Gasteiger partial charge in [-0.15, -0.1) is 0 Å². The molecule has 2 rings (SSSR count). The summed E-state index contributed by atoms with van der Waals surface area (Å²) in [5, 5.41) is 3.20. The maximum atomic E-state index is 11.8. The molecule has 0 bridgehead atoms. The van der Waals surface area contributed by atoms with Crippen LogP contribution in [-0.2, 0) is 4.79 Å². The molecule has 0 aromatic heterocycles. The first-order valence-corrected chi connectivity index (χ1v) is 6.91. The van der Waals surface area contributed by atoms with Crippen molar-refractivity contribution in [2.75, 3.05) is 13.3 Å². The van der Waals surface area contributed by atoms with Crippen molar-refractivity contribution in [3.05, 3.63) is 18.2 Å². The fraction of sp³-hybridized carbons (Fsp3) is 0.385. The van der Waals surface area contributed by atoms with E-state index in [1.54, 1.807) is 25.1 Å². The molecule has 1 aromatic rings. The molecule has 1 aromatic carbocycles. The van der Waals surface area contributed by atoms with Gasteiger partial charge in [-0.2, -0.15) is 0 Å². The zero-order valence-corrected chi connectivity index (χ0v) is 12.6. The van der Waals surface area contributed by atoms with Crippen molar-refractivity contribution in [2.45, 2.75) is 20.0 Å². The van der Waals surface area contributed by atoms with E-state index in [2.05, 4.69) is 16.2 Å². The van der Waals surface area contributed by atoms with Crippen LogP contribution in [0.15, 0.2) is 18.2 Å². The summed E-state index contributed by atoms with van der Waals surface area (Å²) in [4.78, 5) is 11.8. The Hall–Kier alpha value is -2.22. The van der Waals surface area contributed by atoms with E-state index in [1.807, 2.05) is 6.92 Å². The number of amides is 1. The average molecular weight is 311 g/mol. The second-order valence-electron chi connectivity index (χ2n) is 4.25. The quantitative estimate of drug-likeness (QED) is 0.558. The van der Waals surface area contributed by atoms with Crippen LogP contribution >= 0.6 is 12.2 Å². The highest BCUT2D eigenvalue weighted by Gasteiger charge is 2.18. The first-order chi connectivity index (χ1) is 10.1. The lowest BCUT2D eigenvalue weighted by molar-refractivity contribution is -0.127. The molecule has 0 saturated carbocycles. The van der Waals surface area contributed by atoms with Crippen LogP contribution in [-0.4, -0.2) is 30.5 Å². The number of rotatable bonds is 4. The van der Waals surface area contributed by atoms with Crippen LogP contribution in [0.5, 0.6) is 17.2 Å². The summed E-state index contributed by atoms with van der Waals surface area (Å²) in [5.41, 5.74) is 5.05. The van der Waals surface area contributed by atoms with Gasteiger partial charge in [-0.3, -0.25) is 15.6 Å². The van der Waals surface area contributed by atoms with E-state index in [0.717, 1.165) is 0 Å². The molecule has 1 atom stereocenters. The predicted octanol–water partition coefficient (Wildman–Crippen LogP) is 0.698. The van der Waals surface area contributed by atoms with Crippen LogP contribution in [0.25, 0.3) is 0 Å². The lowest BCUT2D eigenvalue weighted by Crippen LogP contribution is -2.50. The van der Waals surface area contributed by atoms with Gasteiger partial charge in [0.25, 0.3) is 5.91 Å². The second-order valence-corrected chi connectivity index (χ2v) is 4.66. The summed E-state index contributed by atoms with van der Waals surface area (Å²) < 4.78 is 16.0. The van der Waals surface area contributed by atoms with Crippen molar-refractivity contribution in [3.8, 4) is 17.2 Å². The average Bonchev–Trinajstić information content (AvgIpc) is 2.92. The van der Waals surface area contributed by atoms with Crippen molar-refractivity contribution in [2.24, 2.45) is 0 Å². The normalized spacial score (nSPS) is 13.2. The molecule has 1 aliphatic rings. The molecule has 1 aliphatic heterocycles. The van der Waals surface area contributed by atoms with Gasteiger partial charge in [-0.25, -0.2) is 0 Å². The van der Waals surface area contributed by atoms with E-state index < -0.39 is 6.10 Å². The molecule has 0 fully saturated rings. The summed E-state index contributed by atoms with van der Waals surface area (Å²) >= 11 is 4.93. The Morgan fingerprint density at radius 1 is 1.38 bits per heavy atom. The van der Waals surface area contributed by atoms with E-state index >= 15 is 0 Å². The maximum Gasteiger partial charge on any atom is 0.279 e. The van der Waals surface area contributed by atoms with E-state index in [0.29, 0.717) is 28.9 Å². The number of nitrogens with one attached hydrogen (secondary N) is 3. The Labute approximate surface area is 127 Å². The van der Waals surface area contributed by atoms with Gasteiger partial charge in [0, 0.05) is 12.6 Å². The molecule has 3 N–H and O–H groups in total. The zero-order chi connectivity index (χ0) is 15.2. The van der Waals surface area contributed by atoms with Crippen molar-refractivity contribution in [1.82, 2.24) is 16.2 Å². The van der Waals surface area contributed by atoms with E-state index in [1.165, 1.54) is 0 Å². The summed E-state index contributed by atoms with van der Waals surface area (Å²) in [5.74, 6) is 1.45. The lowest BCUT2D eigenvalue weighted by atomic mass is 10.3. The zero-order valence-electron chi connectivity index (χ0n) is 11.8. The fourth-order valence-electron chi connectivity index (χ4n) is 1.63. The highest BCUT2D eigenvalue weighted by Crippen LogP contribution is 2.35. The number of hydrogen-bond acceptors (Lipinski definition) is 5. The molecule has 7 nitrogen and oxygen atoms in total. The molecule has 0 spiro atoms. The minimum Gasteiger partial charge on any atom is -0.481 e. The fourth-order valence-corrected chi connectivity index (χ4v) is 1.83. The minimum atomic E-state index is -0.692. The Bertz CT molecular complexity index is 538. The first-order valence-electron chi connectivity index (χ1n) is 6.50. The number of ether oxygens (including phenoxy) is 3. The maximum absolute atomic E-state index is 11.8. The third-order valence-electron chi connectivity index (χ3n) is 2.66. The largest absolute Gasteiger partial charge is 0.481 e. The Morgan fingerprint density at radius 3 is 2.90 bits per heavy atom. The molecule has 0 saturated heterocycles. The monoisotopic (exact) mass is 311 g/mol. The Kier molecular flexibility index (Phi) is 5.04. The van der Waals surface area contributed by atoms with Crippen molar-refractivity contribution in [1.29, 1.82) is 0 Å². The van der Waals surface area contributed by atoms with Gasteiger partial charge in [0.1, 0.15) is 5.75 Å². The summed E-state index contributed by atoms with van der Waals surface area (Å²) in [6, 6.07) is 5.14. The van der Waals surface area contributed by atoms with E-state index in [-0.39, 0.29) is 12.7 Å². The number of carbonyl (C=O) groups excluding carboxylic acids is 1. The summed E-state index contributed by atoms with van der Waals surface area (Å²) in [6.45, 7) is 4.41. The van der Waals surface area contributed by atoms with Crippen LogP contribution in [0.4, 0.5) is 0 Å². The minimum absolute atomic E-state index is 0.195. The highest BCUT2D eigenvalue weighted by atomic mass is 32.1. The lowest BCUT2D eigenvalue weighted by Gasteiger charge is -2.16. The highest BCUT2D eigenvalue weighted by molar-refractivity contribution is 7.80. The number of thiocarbonyl (C=S) groups is 1. The standard InChI is InChI=1S/C13H17N3O4S/c1-3-14-13(21)16-15-12(17)8(2)20-9-4-5-10-11(6-9)19-7-18-10/h4-6,8H,3,7H2,1-2H3,(H,15,17)(H2,14,16,21). The molecular formula is C13H17N3O4S. The van der Waals surface area contributed by atoms with Crippen molar-refractivity contribution < 1.29 is 19.0 Å². The number of carbonyl (C=O) groups is 1. The molecular weight excluding hydrogens is 294 g/mol. The van der Waals surface area contributed by atoms with Crippen molar-refractivity contribution in [3.63, 3.8) is 0 Å². The third kappa shape index (κ3) is 4.12. The SMILES string of the molecule is CCNC(=S)NNC(=O)C(C)Oc1ccc2c(c1)OCO2. The summed E-state index contributed by atoms with van der Waals surface area (Å²) in [7, 11) is 0. The van der Waals surface area contributed by atoms with Crippen molar-refractivity contribution >= 4 is 23.2 Å². The first kappa shape index (κ1) is 15.2. The van der Waals surface area contributed by atoms with E-state index in [9.17, 15) is 4.79 Å². The molecule has 114 valence electrons. The van der Waals surface area contributed by atoms with Gasteiger partial charge in [0.2, 0.25) is 6.79 Å². The molecule has 8 heteroatoms. The molecule has 21 heavy (non-hydrogen) atoms. The van der Waals surface area contributed by atoms with Crippen LogP contribution in [0.1, 0.15) is 13.8 Å². The summed E-state index contributed by atoms with van der Waals surface area (Å²) in [6.07, 6.45) is -0.692. The molecule has 1 unspecified atom stereocenters. The molecule has 1 heterocycles. The molecule has 1 amide bonds. The van der Waals surface area contributed by atoms with Gasteiger partial charge in [-0.05, 0) is 38.2 Å². The van der Waals surface area contributed by atoms with Gasteiger partial charge in [-0.1, -0.05) is 0 Å². The number of benzene rings is 1. The van der Waals surface area contributed by atoms with Gasteiger partial charge >= 0.3 is 0 Å². The number of hydrazine groups is 1. The van der Waals surface area contributed by atoms with Gasteiger partial charge in [0.05, 0.1) is 0 Å². The van der Waals surface area contributed by atoms with Crippen LogP contribution in [0, 0.1) is 0 Å². The van der Waals surface area contributed by atoms with Crippen LogP contribution < -0.4 is 30.4 Å². The smallest absolute Gasteiger partial charge is 0.279 e. The molecule has 0 radical (unpaired) electrons. The van der Waals surface area contributed by atoms with Gasteiger partial charge in [0.15, 0.2) is 22.7 Å².